The van der Waals surface area contributed by atoms with E-state index in [0.29, 0.717) is 5.39 Å². The Balaban J connectivity index is 1.60. The van der Waals surface area contributed by atoms with E-state index in [4.69, 9.17) is 0 Å². The second-order valence-corrected chi connectivity index (χ2v) is 9.30. The summed E-state index contributed by atoms with van der Waals surface area (Å²) in [7, 11) is -2.55. The third kappa shape index (κ3) is 4.23. The van der Waals surface area contributed by atoms with Crippen LogP contribution in [0.4, 0.5) is 20.4 Å². The number of sulfonamides is 1. The number of fused-ring (bicyclic) bond motifs is 1. The van der Waals surface area contributed by atoms with Gasteiger partial charge in [-0.05, 0) is 44.3 Å². The molecule has 4 rings (SSSR count). The fraction of sp³-hybridized carbons (Fsp3) is 0.300. The Kier molecular flexibility index (Phi) is 5.73. The van der Waals surface area contributed by atoms with Crippen LogP contribution in [0.1, 0.15) is 23.8 Å². The number of nitrogens with zero attached hydrogens (tertiary/aromatic N) is 4. The highest BCUT2D eigenvalue weighted by Crippen LogP contribution is 2.24. The Morgan fingerprint density at radius 2 is 2.00 bits per heavy atom. The van der Waals surface area contributed by atoms with Gasteiger partial charge in [0.05, 0.1) is 17.1 Å². The van der Waals surface area contributed by atoms with Crippen LogP contribution in [-0.2, 0) is 10.0 Å². The molecule has 0 unspecified atom stereocenters. The number of hydrogen-bond acceptors (Lipinski definition) is 7. The van der Waals surface area contributed by atoms with Crippen molar-refractivity contribution in [1.82, 2.24) is 24.6 Å². The number of likely N-dealkylation sites (tertiary alicyclic amines) is 1. The summed E-state index contributed by atoms with van der Waals surface area (Å²) in [6.45, 7) is 1.80. The topological polar surface area (TPSA) is 117 Å². The number of hydrogen-bond donors (Lipinski definition) is 2. The fourth-order valence-electron chi connectivity index (χ4n) is 3.49. The standard InChI is InChI=1S/C20H20F2N6O3S/c1-11-7-13(21)10-28(11)19(29)17-5-3-12-9-24-20(27-18(12)25-17)26-16-6-4-14(8-15(16)22)32(30,31)23-2/h3-6,8-9,11,13,23H,7,10H2,1-2H3,(H,24,25,26,27)/t11-,13-/m0/s1. The molecule has 1 saturated heterocycles. The minimum Gasteiger partial charge on any atom is -0.332 e. The number of pyridine rings is 1. The molecule has 1 aliphatic rings. The Morgan fingerprint density at radius 3 is 2.66 bits per heavy atom. The van der Waals surface area contributed by atoms with Crippen LogP contribution in [0, 0.1) is 5.82 Å². The minimum atomic E-state index is -3.79. The number of benzene rings is 1. The van der Waals surface area contributed by atoms with Crippen LogP contribution >= 0.6 is 0 Å². The van der Waals surface area contributed by atoms with Crippen molar-refractivity contribution in [2.45, 2.75) is 30.5 Å². The summed E-state index contributed by atoms with van der Waals surface area (Å²) in [5.41, 5.74) is 0.286. The number of nitrogens with one attached hydrogen (secondary N) is 2. The van der Waals surface area contributed by atoms with Gasteiger partial charge in [-0.15, -0.1) is 0 Å². The quantitative estimate of drug-likeness (QED) is 0.598. The van der Waals surface area contributed by atoms with Gasteiger partial charge < -0.3 is 10.2 Å². The van der Waals surface area contributed by atoms with Crippen molar-refractivity contribution >= 4 is 38.6 Å². The zero-order chi connectivity index (χ0) is 23.0. The summed E-state index contributed by atoms with van der Waals surface area (Å²) < 4.78 is 53.8. The second-order valence-electron chi connectivity index (χ2n) is 7.42. The number of amides is 1. The summed E-state index contributed by atoms with van der Waals surface area (Å²) in [4.78, 5) is 26.6. The number of anilines is 2. The lowest BCUT2D eigenvalue weighted by Crippen LogP contribution is -2.34. The number of carbonyl (C=O) groups excluding carboxylic acids is 1. The third-order valence-corrected chi connectivity index (χ3v) is 6.62. The zero-order valence-corrected chi connectivity index (χ0v) is 18.0. The Morgan fingerprint density at radius 1 is 1.22 bits per heavy atom. The maximum Gasteiger partial charge on any atom is 0.272 e. The Labute approximate surface area is 182 Å². The average Bonchev–Trinajstić information content (AvgIpc) is 3.11. The lowest BCUT2D eigenvalue weighted by Gasteiger charge is -2.20. The highest BCUT2D eigenvalue weighted by atomic mass is 32.2. The molecule has 3 aromatic rings. The van der Waals surface area contributed by atoms with Crippen molar-refractivity contribution in [3.8, 4) is 0 Å². The predicted octanol–water partition coefficient (Wildman–Crippen LogP) is 2.39. The third-order valence-electron chi connectivity index (χ3n) is 5.21. The van der Waals surface area contributed by atoms with E-state index in [2.05, 4.69) is 25.0 Å². The van der Waals surface area contributed by atoms with E-state index in [1.165, 1.54) is 36.3 Å². The molecule has 9 nitrogen and oxygen atoms in total. The maximum absolute atomic E-state index is 14.4. The molecule has 1 amide bonds. The molecule has 3 heterocycles. The first-order valence-corrected chi connectivity index (χ1v) is 11.2. The lowest BCUT2D eigenvalue weighted by atomic mass is 10.2. The van der Waals surface area contributed by atoms with Gasteiger partial charge in [0.1, 0.15) is 17.7 Å². The van der Waals surface area contributed by atoms with Crippen molar-refractivity contribution < 1.29 is 22.0 Å². The van der Waals surface area contributed by atoms with Gasteiger partial charge in [-0.3, -0.25) is 4.79 Å². The van der Waals surface area contributed by atoms with Gasteiger partial charge in [0.15, 0.2) is 5.65 Å². The van der Waals surface area contributed by atoms with Crippen molar-refractivity contribution in [2.24, 2.45) is 0 Å². The van der Waals surface area contributed by atoms with Crippen molar-refractivity contribution in [3.63, 3.8) is 0 Å². The molecule has 0 aliphatic carbocycles. The molecule has 32 heavy (non-hydrogen) atoms. The first-order chi connectivity index (χ1) is 15.2. The molecule has 1 fully saturated rings. The molecule has 1 aliphatic heterocycles. The van der Waals surface area contributed by atoms with Crippen LogP contribution in [0.2, 0.25) is 0 Å². The molecule has 0 saturated carbocycles. The van der Waals surface area contributed by atoms with Crippen LogP contribution in [0.15, 0.2) is 41.4 Å². The van der Waals surface area contributed by atoms with Gasteiger partial charge >= 0.3 is 0 Å². The van der Waals surface area contributed by atoms with Gasteiger partial charge in [0.2, 0.25) is 16.0 Å². The normalized spacial score (nSPS) is 18.8. The Hall–Kier alpha value is -3.25. The summed E-state index contributed by atoms with van der Waals surface area (Å²) >= 11 is 0. The first kappa shape index (κ1) is 22.0. The SMILES string of the molecule is CNS(=O)(=O)c1ccc(Nc2ncc3ccc(C(=O)N4C[C@@H](F)C[C@@H]4C)nc3n2)c(F)c1. The van der Waals surface area contributed by atoms with E-state index in [0.717, 1.165) is 6.07 Å². The number of carbonyl (C=O) groups is 1. The smallest absolute Gasteiger partial charge is 0.272 e. The van der Waals surface area contributed by atoms with E-state index in [1.54, 1.807) is 13.0 Å². The molecule has 2 aromatic heterocycles. The van der Waals surface area contributed by atoms with Crippen molar-refractivity contribution in [1.29, 1.82) is 0 Å². The van der Waals surface area contributed by atoms with E-state index in [9.17, 15) is 22.0 Å². The van der Waals surface area contributed by atoms with Crippen LogP contribution < -0.4 is 10.0 Å². The number of halogens is 2. The van der Waals surface area contributed by atoms with E-state index in [1.807, 2.05) is 0 Å². The molecular formula is C20H20F2N6O3S. The van der Waals surface area contributed by atoms with Gasteiger partial charge in [-0.1, -0.05) is 0 Å². The molecular weight excluding hydrogens is 442 g/mol. The molecule has 168 valence electrons. The number of alkyl halides is 1. The number of rotatable bonds is 5. The summed E-state index contributed by atoms with van der Waals surface area (Å²) in [5, 5.41) is 3.24. The molecule has 0 spiro atoms. The average molecular weight is 462 g/mol. The van der Waals surface area contributed by atoms with Crippen molar-refractivity contribution in [2.75, 3.05) is 18.9 Å². The summed E-state index contributed by atoms with van der Waals surface area (Å²) in [5.74, 6) is -1.19. The largest absolute Gasteiger partial charge is 0.332 e. The second kappa shape index (κ2) is 8.36. The van der Waals surface area contributed by atoms with Gasteiger partial charge in [0.25, 0.3) is 5.91 Å². The van der Waals surface area contributed by atoms with E-state index < -0.39 is 22.0 Å². The zero-order valence-electron chi connectivity index (χ0n) is 17.2. The van der Waals surface area contributed by atoms with Crippen LogP contribution in [-0.4, -0.2) is 60.0 Å². The molecule has 0 bridgehead atoms. The highest BCUT2D eigenvalue weighted by molar-refractivity contribution is 7.89. The number of aromatic nitrogens is 3. The van der Waals surface area contributed by atoms with Crippen molar-refractivity contribution in [3.05, 3.63) is 48.0 Å². The first-order valence-electron chi connectivity index (χ1n) is 9.77. The van der Waals surface area contributed by atoms with Crippen LogP contribution in [0.3, 0.4) is 0 Å². The fourth-order valence-corrected chi connectivity index (χ4v) is 4.23. The maximum atomic E-state index is 14.4. The minimum absolute atomic E-state index is 0.0103. The predicted molar refractivity (Wildman–Crippen MR) is 113 cm³/mol. The summed E-state index contributed by atoms with van der Waals surface area (Å²) in [6, 6.07) is 6.30. The molecule has 2 N–H and O–H groups in total. The molecule has 0 radical (unpaired) electrons. The molecule has 2 atom stereocenters. The molecule has 12 heteroatoms. The lowest BCUT2D eigenvalue weighted by molar-refractivity contribution is 0.0734. The summed E-state index contributed by atoms with van der Waals surface area (Å²) in [6.07, 6.45) is 0.687. The van der Waals surface area contributed by atoms with E-state index in [-0.39, 0.29) is 52.8 Å². The molecule has 1 aromatic carbocycles. The van der Waals surface area contributed by atoms with Gasteiger partial charge in [-0.2, -0.15) is 4.98 Å². The van der Waals surface area contributed by atoms with Crippen LogP contribution in [0.5, 0.6) is 0 Å². The van der Waals surface area contributed by atoms with E-state index >= 15 is 0 Å². The monoisotopic (exact) mass is 462 g/mol. The van der Waals surface area contributed by atoms with Crippen LogP contribution in [0.25, 0.3) is 11.0 Å². The van der Waals surface area contributed by atoms with Gasteiger partial charge in [0, 0.05) is 24.0 Å². The Bertz CT molecular complexity index is 1300. The van der Waals surface area contributed by atoms with Gasteiger partial charge in [-0.25, -0.2) is 31.9 Å². The highest BCUT2D eigenvalue weighted by Gasteiger charge is 2.33.